The average molecular weight is 349 g/mol. The Morgan fingerprint density at radius 1 is 1.08 bits per heavy atom. The third-order valence-electron chi connectivity index (χ3n) is 5.26. The first-order chi connectivity index (χ1) is 12.7. The van der Waals surface area contributed by atoms with Crippen LogP contribution >= 0.6 is 0 Å². The molecule has 7 heteroatoms. The van der Waals surface area contributed by atoms with E-state index < -0.39 is 0 Å². The highest BCUT2D eigenvalue weighted by molar-refractivity contribution is 5.55. The molecule has 1 saturated heterocycles. The van der Waals surface area contributed by atoms with Crippen LogP contribution in [0.15, 0.2) is 12.4 Å². The quantitative estimate of drug-likeness (QED) is 0.820. The number of fused-ring (bicyclic) bond motifs is 1. The van der Waals surface area contributed by atoms with E-state index in [1.54, 1.807) is 12.4 Å². The molecule has 0 radical (unpaired) electrons. The van der Waals surface area contributed by atoms with Gasteiger partial charge >= 0.3 is 0 Å². The molecule has 0 bridgehead atoms. The van der Waals surface area contributed by atoms with E-state index in [0.717, 1.165) is 44.1 Å². The van der Waals surface area contributed by atoms with E-state index in [9.17, 15) is 5.26 Å². The zero-order valence-electron chi connectivity index (χ0n) is 15.3. The molecular weight excluding hydrogens is 326 g/mol. The smallest absolute Gasteiger partial charge is 0.183 e. The molecule has 4 rings (SSSR count). The van der Waals surface area contributed by atoms with Crippen molar-refractivity contribution in [3.05, 3.63) is 35.2 Å². The van der Waals surface area contributed by atoms with Crippen molar-refractivity contribution in [2.24, 2.45) is 0 Å². The highest BCUT2D eigenvalue weighted by Gasteiger charge is 2.30. The Labute approximate surface area is 153 Å². The molecule has 1 aliphatic carbocycles. The van der Waals surface area contributed by atoms with Crippen molar-refractivity contribution in [1.29, 1.82) is 5.26 Å². The number of hydrogen-bond acceptors (Lipinski definition) is 7. The summed E-state index contributed by atoms with van der Waals surface area (Å²) in [5.74, 6) is 2.65. The van der Waals surface area contributed by atoms with Gasteiger partial charge in [0, 0.05) is 49.3 Å². The van der Waals surface area contributed by atoms with Crippen molar-refractivity contribution in [2.45, 2.75) is 45.6 Å². The Hall–Kier alpha value is -2.75. The highest BCUT2D eigenvalue weighted by atomic mass is 15.3. The van der Waals surface area contributed by atoms with Gasteiger partial charge in [0.15, 0.2) is 11.5 Å². The Morgan fingerprint density at radius 2 is 1.88 bits per heavy atom. The number of aryl methyl sites for hydroxylation is 2. The second kappa shape index (κ2) is 6.87. The summed E-state index contributed by atoms with van der Waals surface area (Å²) in [4.78, 5) is 22.6. The normalized spacial score (nSPS) is 19.8. The van der Waals surface area contributed by atoms with Crippen LogP contribution in [0.5, 0.6) is 0 Å². The molecule has 0 spiro atoms. The summed E-state index contributed by atoms with van der Waals surface area (Å²) in [6, 6.07) is 2.43. The van der Waals surface area contributed by atoms with E-state index in [0.29, 0.717) is 11.5 Å². The highest BCUT2D eigenvalue weighted by Crippen LogP contribution is 2.31. The first kappa shape index (κ1) is 16.7. The first-order valence-corrected chi connectivity index (χ1v) is 9.26. The van der Waals surface area contributed by atoms with Gasteiger partial charge in [-0.3, -0.25) is 0 Å². The van der Waals surface area contributed by atoms with Gasteiger partial charge in [-0.05, 0) is 39.5 Å². The van der Waals surface area contributed by atoms with E-state index >= 15 is 0 Å². The van der Waals surface area contributed by atoms with Crippen LogP contribution in [0.3, 0.4) is 0 Å². The Balaban J connectivity index is 1.61. The third-order valence-corrected chi connectivity index (χ3v) is 5.26. The van der Waals surface area contributed by atoms with Gasteiger partial charge in [0.05, 0.1) is 0 Å². The number of nitrogens with zero attached hydrogens (tertiary/aromatic N) is 7. The molecule has 7 nitrogen and oxygen atoms in total. The third kappa shape index (κ3) is 2.96. The first-order valence-electron chi connectivity index (χ1n) is 9.26. The predicted octanol–water partition coefficient (Wildman–Crippen LogP) is 2.04. The lowest BCUT2D eigenvalue weighted by atomic mass is 9.95. The molecule has 1 unspecified atom stereocenters. The number of anilines is 2. The van der Waals surface area contributed by atoms with Crippen LogP contribution in [0.4, 0.5) is 11.6 Å². The summed E-state index contributed by atoms with van der Waals surface area (Å²) in [5.41, 5.74) is 2.96. The number of hydrogen-bond donors (Lipinski definition) is 0. The van der Waals surface area contributed by atoms with Gasteiger partial charge in [-0.2, -0.15) is 5.26 Å². The Morgan fingerprint density at radius 3 is 2.69 bits per heavy atom. The number of rotatable bonds is 2. The van der Waals surface area contributed by atoms with Gasteiger partial charge in [-0.15, -0.1) is 0 Å². The molecule has 2 aliphatic rings. The van der Waals surface area contributed by atoms with Gasteiger partial charge in [0.1, 0.15) is 17.7 Å². The Kier molecular flexibility index (Phi) is 4.41. The van der Waals surface area contributed by atoms with E-state index in [4.69, 9.17) is 4.98 Å². The maximum atomic E-state index is 9.30. The Bertz CT molecular complexity index is 857. The maximum Gasteiger partial charge on any atom is 0.183 e. The standard InChI is InChI=1S/C19H23N7/c1-13-12-25(19-17(11-20)21-7-8-22-19)9-10-26(13)18-15-5-3-4-6-16(15)23-14(2)24-18/h7-8,13H,3-6,9-10,12H2,1-2H3. The molecule has 134 valence electrons. The van der Waals surface area contributed by atoms with Crippen molar-refractivity contribution in [3.8, 4) is 6.07 Å². The zero-order chi connectivity index (χ0) is 18.1. The molecule has 1 atom stereocenters. The molecule has 0 saturated carbocycles. The average Bonchev–Trinajstić information content (AvgIpc) is 2.67. The van der Waals surface area contributed by atoms with Crippen molar-refractivity contribution in [1.82, 2.24) is 19.9 Å². The lowest BCUT2D eigenvalue weighted by Crippen LogP contribution is -2.53. The molecular formula is C19H23N7. The van der Waals surface area contributed by atoms with Crippen molar-refractivity contribution in [2.75, 3.05) is 29.4 Å². The van der Waals surface area contributed by atoms with Crippen molar-refractivity contribution < 1.29 is 0 Å². The number of nitriles is 1. The largest absolute Gasteiger partial charge is 0.350 e. The van der Waals surface area contributed by atoms with Gasteiger partial charge in [-0.1, -0.05) is 0 Å². The molecule has 0 N–H and O–H groups in total. The summed E-state index contributed by atoms with van der Waals surface area (Å²) < 4.78 is 0. The minimum Gasteiger partial charge on any atom is -0.350 e. The number of piperazine rings is 1. The summed E-state index contributed by atoms with van der Waals surface area (Å²) >= 11 is 0. The fourth-order valence-corrected chi connectivity index (χ4v) is 4.04. The zero-order valence-corrected chi connectivity index (χ0v) is 15.3. The SMILES string of the molecule is Cc1nc2c(c(N3CCN(c4nccnc4C#N)CC3C)n1)CCCC2. The predicted molar refractivity (Wildman–Crippen MR) is 99.2 cm³/mol. The van der Waals surface area contributed by atoms with E-state index in [1.807, 2.05) is 6.92 Å². The molecule has 3 heterocycles. The van der Waals surface area contributed by atoms with Crippen LogP contribution in [-0.2, 0) is 12.8 Å². The minimum atomic E-state index is 0.276. The van der Waals surface area contributed by atoms with Crippen LogP contribution in [0.2, 0.25) is 0 Å². The van der Waals surface area contributed by atoms with Gasteiger partial charge in [0.2, 0.25) is 0 Å². The van der Waals surface area contributed by atoms with Crippen LogP contribution in [0.1, 0.15) is 42.5 Å². The van der Waals surface area contributed by atoms with Crippen molar-refractivity contribution in [3.63, 3.8) is 0 Å². The summed E-state index contributed by atoms with van der Waals surface area (Å²) in [6.07, 6.45) is 7.78. The van der Waals surface area contributed by atoms with Gasteiger partial charge in [-0.25, -0.2) is 19.9 Å². The summed E-state index contributed by atoms with van der Waals surface area (Å²) in [7, 11) is 0. The van der Waals surface area contributed by atoms with Crippen LogP contribution in [-0.4, -0.2) is 45.6 Å². The summed E-state index contributed by atoms with van der Waals surface area (Å²) in [5, 5.41) is 9.30. The molecule has 26 heavy (non-hydrogen) atoms. The molecule has 2 aromatic heterocycles. The molecule has 1 aliphatic heterocycles. The van der Waals surface area contributed by atoms with Crippen molar-refractivity contribution >= 4 is 11.6 Å². The lowest BCUT2D eigenvalue weighted by molar-refractivity contribution is 0.534. The summed E-state index contributed by atoms with van der Waals surface area (Å²) in [6.45, 7) is 6.64. The van der Waals surface area contributed by atoms with Crippen LogP contribution < -0.4 is 9.80 Å². The fourth-order valence-electron chi connectivity index (χ4n) is 4.04. The second-order valence-electron chi connectivity index (χ2n) is 7.06. The molecule has 0 aromatic carbocycles. The monoisotopic (exact) mass is 349 g/mol. The minimum absolute atomic E-state index is 0.276. The van der Waals surface area contributed by atoms with Crippen LogP contribution in [0, 0.1) is 18.3 Å². The second-order valence-corrected chi connectivity index (χ2v) is 7.06. The maximum absolute atomic E-state index is 9.30. The van der Waals surface area contributed by atoms with E-state index in [2.05, 4.69) is 37.7 Å². The fraction of sp³-hybridized carbons (Fsp3) is 0.526. The van der Waals surface area contributed by atoms with Crippen LogP contribution in [0.25, 0.3) is 0 Å². The van der Waals surface area contributed by atoms with E-state index in [1.165, 1.54) is 24.1 Å². The molecule has 1 fully saturated rings. The van der Waals surface area contributed by atoms with Gasteiger partial charge in [0.25, 0.3) is 0 Å². The van der Waals surface area contributed by atoms with Gasteiger partial charge < -0.3 is 9.80 Å². The molecule has 2 aromatic rings. The van der Waals surface area contributed by atoms with E-state index in [-0.39, 0.29) is 6.04 Å². The topological polar surface area (TPSA) is 81.8 Å². The lowest BCUT2D eigenvalue weighted by Gasteiger charge is -2.42. The number of aromatic nitrogens is 4. The molecule has 0 amide bonds.